The fraction of sp³-hybridized carbons (Fsp3) is 0.333. The van der Waals surface area contributed by atoms with Crippen molar-refractivity contribution in [2.45, 2.75) is 12.8 Å². The van der Waals surface area contributed by atoms with Crippen molar-refractivity contribution in [2.75, 3.05) is 26.2 Å². The van der Waals surface area contributed by atoms with E-state index in [2.05, 4.69) is 0 Å². The minimum absolute atomic E-state index is 0.0997. The topological polar surface area (TPSA) is 40.6 Å². The number of halogens is 1. The first-order valence-corrected chi connectivity index (χ1v) is 9.20. The van der Waals surface area contributed by atoms with Crippen LogP contribution >= 0.6 is 22.9 Å². The summed E-state index contributed by atoms with van der Waals surface area (Å²) in [6, 6.07) is 11.3. The van der Waals surface area contributed by atoms with E-state index in [4.69, 9.17) is 11.6 Å². The molecule has 2 amide bonds. The average Bonchev–Trinajstić information content (AvgIpc) is 3.10. The molecular weight excluding hydrogens is 344 g/mol. The van der Waals surface area contributed by atoms with Gasteiger partial charge in [0.25, 0.3) is 0 Å². The van der Waals surface area contributed by atoms with Gasteiger partial charge in [-0.25, -0.2) is 0 Å². The fourth-order valence-electron chi connectivity index (χ4n) is 2.77. The lowest BCUT2D eigenvalue weighted by molar-refractivity contribution is -0.138. The van der Waals surface area contributed by atoms with Crippen LogP contribution in [-0.4, -0.2) is 47.8 Å². The molecule has 6 heteroatoms. The Kier molecular flexibility index (Phi) is 5.53. The molecule has 4 nitrogen and oxygen atoms in total. The highest BCUT2D eigenvalue weighted by Gasteiger charge is 2.24. The van der Waals surface area contributed by atoms with E-state index in [1.807, 2.05) is 39.4 Å². The Hall–Kier alpha value is -1.85. The number of piperazine rings is 1. The summed E-state index contributed by atoms with van der Waals surface area (Å²) in [7, 11) is 0. The number of carbonyl (C=O) groups excluding carboxylic acids is 2. The molecular formula is C18H19ClN2O2S. The van der Waals surface area contributed by atoms with Gasteiger partial charge in [0.05, 0.1) is 12.8 Å². The first-order valence-electron chi connectivity index (χ1n) is 7.94. The molecule has 0 bridgehead atoms. The molecule has 0 unspecified atom stereocenters. The van der Waals surface area contributed by atoms with Crippen molar-refractivity contribution in [2.24, 2.45) is 0 Å². The number of rotatable bonds is 4. The van der Waals surface area contributed by atoms with Gasteiger partial charge in [-0.2, -0.15) is 0 Å². The third-order valence-electron chi connectivity index (χ3n) is 4.16. The zero-order valence-corrected chi connectivity index (χ0v) is 14.9. The summed E-state index contributed by atoms with van der Waals surface area (Å²) in [5, 5.41) is 2.65. The summed E-state index contributed by atoms with van der Waals surface area (Å²) in [6.45, 7) is 2.42. The van der Waals surface area contributed by atoms with Crippen LogP contribution in [0.5, 0.6) is 0 Å². The Labute approximate surface area is 150 Å². The quantitative estimate of drug-likeness (QED) is 0.839. The second-order valence-corrected chi connectivity index (χ2v) is 7.29. The Morgan fingerprint density at radius 1 is 0.917 bits per heavy atom. The molecule has 1 fully saturated rings. The van der Waals surface area contributed by atoms with Crippen molar-refractivity contribution in [1.82, 2.24) is 9.80 Å². The minimum atomic E-state index is 0.0997. The molecule has 0 aliphatic carbocycles. The number of hydrogen-bond donors (Lipinski definition) is 0. The van der Waals surface area contributed by atoms with E-state index in [1.54, 1.807) is 23.5 Å². The van der Waals surface area contributed by atoms with Gasteiger partial charge < -0.3 is 9.80 Å². The molecule has 0 spiro atoms. The summed E-state index contributed by atoms with van der Waals surface area (Å²) >= 11 is 7.46. The number of hydrogen-bond acceptors (Lipinski definition) is 3. The van der Waals surface area contributed by atoms with Crippen LogP contribution in [0.3, 0.4) is 0 Å². The van der Waals surface area contributed by atoms with Crippen LogP contribution in [0.15, 0.2) is 41.8 Å². The molecule has 2 aromatic rings. The van der Waals surface area contributed by atoms with Crippen LogP contribution in [0.2, 0.25) is 5.02 Å². The number of nitrogens with zero attached hydrogens (tertiary/aromatic N) is 2. The van der Waals surface area contributed by atoms with E-state index in [1.165, 1.54) is 0 Å². The third-order valence-corrected chi connectivity index (χ3v) is 5.29. The Morgan fingerprint density at radius 2 is 1.50 bits per heavy atom. The molecule has 0 atom stereocenters. The standard InChI is InChI=1S/C18H19ClN2O2S/c19-15-5-3-14(4-6-15)12-17(22)20-7-9-21(10-8-20)18(23)13-16-2-1-11-24-16/h1-6,11H,7-10,12-13H2. The van der Waals surface area contributed by atoms with Crippen molar-refractivity contribution >= 4 is 34.8 Å². The van der Waals surface area contributed by atoms with Gasteiger partial charge in [-0.3, -0.25) is 9.59 Å². The van der Waals surface area contributed by atoms with E-state index in [-0.39, 0.29) is 11.8 Å². The number of benzene rings is 1. The minimum Gasteiger partial charge on any atom is -0.339 e. The normalized spacial score (nSPS) is 14.7. The van der Waals surface area contributed by atoms with Crippen LogP contribution in [0.4, 0.5) is 0 Å². The highest BCUT2D eigenvalue weighted by atomic mass is 35.5. The molecule has 0 N–H and O–H groups in total. The third kappa shape index (κ3) is 4.36. The SMILES string of the molecule is O=C(Cc1ccc(Cl)cc1)N1CCN(C(=O)Cc2cccs2)CC1. The first kappa shape index (κ1) is 17.0. The second-order valence-electron chi connectivity index (χ2n) is 5.82. The Balaban J connectivity index is 1.48. The maximum absolute atomic E-state index is 12.4. The lowest BCUT2D eigenvalue weighted by Gasteiger charge is -2.35. The van der Waals surface area contributed by atoms with Gasteiger partial charge in [-0.1, -0.05) is 29.8 Å². The van der Waals surface area contributed by atoms with Gasteiger partial charge in [0.1, 0.15) is 0 Å². The molecule has 1 saturated heterocycles. The summed E-state index contributed by atoms with van der Waals surface area (Å²) in [5.74, 6) is 0.241. The number of thiophene rings is 1. The molecule has 1 aromatic heterocycles. The van der Waals surface area contributed by atoms with Crippen molar-refractivity contribution in [3.8, 4) is 0 Å². The first-order chi connectivity index (χ1) is 11.6. The zero-order chi connectivity index (χ0) is 16.9. The lowest BCUT2D eigenvalue weighted by Crippen LogP contribution is -2.51. The summed E-state index contributed by atoms with van der Waals surface area (Å²) < 4.78 is 0. The Bertz CT molecular complexity index is 692. The summed E-state index contributed by atoms with van der Waals surface area (Å²) in [6.07, 6.45) is 0.830. The average molecular weight is 363 g/mol. The van der Waals surface area contributed by atoms with E-state index in [0.29, 0.717) is 44.0 Å². The van der Waals surface area contributed by atoms with Gasteiger partial charge in [0, 0.05) is 36.1 Å². The van der Waals surface area contributed by atoms with E-state index in [0.717, 1.165) is 10.4 Å². The molecule has 1 aliphatic rings. The van der Waals surface area contributed by atoms with Crippen molar-refractivity contribution in [3.63, 3.8) is 0 Å². The van der Waals surface area contributed by atoms with Crippen LogP contribution in [-0.2, 0) is 22.4 Å². The monoisotopic (exact) mass is 362 g/mol. The van der Waals surface area contributed by atoms with Gasteiger partial charge >= 0.3 is 0 Å². The fourth-order valence-corrected chi connectivity index (χ4v) is 3.59. The predicted octanol–water partition coefficient (Wildman–Crippen LogP) is 2.86. The molecule has 2 heterocycles. The van der Waals surface area contributed by atoms with Crippen LogP contribution in [0, 0.1) is 0 Å². The molecule has 0 radical (unpaired) electrons. The lowest BCUT2D eigenvalue weighted by atomic mass is 10.1. The van der Waals surface area contributed by atoms with Crippen molar-refractivity contribution in [1.29, 1.82) is 0 Å². The maximum Gasteiger partial charge on any atom is 0.227 e. The zero-order valence-electron chi connectivity index (χ0n) is 13.3. The van der Waals surface area contributed by atoms with E-state index < -0.39 is 0 Å². The van der Waals surface area contributed by atoms with Crippen molar-refractivity contribution < 1.29 is 9.59 Å². The maximum atomic E-state index is 12.4. The van der Waals surface area contributed by atoms with E-state index >= 15 is 0 Å². The highest BCUT2D eigenvalue weighted by Crippen LogP contribution is 2.14. The van der Waals surface area contributed by atoms with Crippen LogP contribution in [0.25, 0.3) is 0 Å². The molecule has 1 aliphatic heterocycles. The number of amides is 2. The smallest absolute Gasteiger partial charge is 0.227 e. The van der Waals surface area contributed by atoms with Gasteiger partial charge in [0.2, 0.25) is 11.8 Å². The summed E-state index contributed by atoms with van der Waals surface area (Å²) in [4.78, 5) is 29.4. The second kappa shape index (κ2) is 7.81. The molecule has 0 saturated carbocycles. The van der Waals surface area contributed by atoms with Crippen molar-refractivity contribution in [3.05, 3.63) is 57.2 Å². The number of carbonyl (C=O) groups is 2. The molecule has 24 heavy (non-hydrogen) atoms. The van der Waals surface area contributed by atoms with Crippen LogP contribution < -0.4 is 0 Å². The highest BCUT2D eigenvalue weighted by molar-refractivity contribution is 7.10. The molecule has 1 aromatic carbocycles. The molecule has 126 valence electrons. The van der Waals surface area contributed by atoms with Gasteiger partial charge in [-0.15, -0.1) is 11.3 Å². The summed E-state index contributed by atoms with van der Waals surface area (Å²) in [5.41, 5.74) is 0.959. The van der Waals surface area contributed by atoms with E-state index in [9.17, 15) is 9.59 Å². The largest absolute Gasteiger partial charge is 0.339 e. The predicted molar refractivity (Wildman–Crippen MR) is 96.3 cm³/mol. The molecule has 3 rings (SSSR count). The van der Waals surface area contributed by atoms with Gasteiger partial charge in [0.15, 0.2) is 0 Å². The Morgan fingerprint density at radius 3 is 2.04 bits per heavy atom. The van der Waals surface area contributed by atoms with Crippen LogP contribution in [0.1, 0.15) is 10.4 Å². The van der Waals surface area contributed by atoms with Gasteiger partial charge in [-0.05, 0) is 29.1 Å².